The van der Waals surface area contributed by atoms with Gasteiger partial charge in [-0.1, -0.05) is 12.1 Å². The normalized spacial score (nSPS) is 12.0. The van der Waals surface area contributed by atoms with Gasteiger partial charge in [-0.25, -0.2) is 4.79 Å². The molecule has 0 radical (unpaired) electrons. The van der Waals surface area contributed by atoms with Crippen molar-refractivity contribution in [2.45, 2.75) is 6.10 Å². The fourth-order valence-corrected chi connectivity index (χ4v) is 2.69. The van der Waals surface area contributed by atoms with Gasteiger partial charge in [-0.15, -0.1) is 0 Å². The van der Waals surface area contributed by atoms with Crippen LogP contribution in [0.3, 0.4) is 0 Å². The maximum absolute atomic E-state index is 12.0. The van der Waals surface area contributed by atoms with Crippen LogP contribution in [-0.2, 0) is 7.05 Å². The molecule has 0 saturated heterocycles. The van der Waals surface area contributed by atoms with Gasteiger partial charge in [-0.2, -0.15) is 0 Å². The molecule has 6 heteroatoms. The van der Waals surface area contributed by atoms with E-state index in [1.54, 1.807) is 31.4 Å². The van der Waals surface area contributed by atoms with E-state index in [0.717, 1.165) is 16.5 Å². The number of aliphatic hydroxyl groups is 1. The molecule has 1 unspecified atom stereocenters. The lowest BCUT2D eigenvalue weighted by Crippen LogP contribution is -2.32. The number of aryl methyl sites for hydroxylation is 1. The van der Waals surface area contributed by atoms with Crippen molar-refractivity contribution in [3.05, 3.63) is 60.3 Å². The third-order valence-electron chi connectivity index (χ3n) is 4.08. The van der Waals surface area contributed by atoms with Gasteiger partial charge in [0.25, 0.3) is 0 Å². The summed E-state index contributed by atoms with van der Waals surface area (Å²) in [6.45, 7) is 0.119. The van der Waals surface area contributed by atoms with Gasteiger partial charge in [0.1, 0.15) is 5.75 Å². The second kappa shape index (κ2) is 7.27. The van der Waals surface area contributed by atoms with E-state index in [-0.39, 0.29) is 12.6 Å². The molecule has 0 aliphatic carbocycles. The highest BCUT2D eigenvalue weighted by Gasteiger charge is 2.11. The summed E-state index contributed by atoms with van der Waals surface area (Å²) in [4.78, 5) is 12.0. The Labute approximate surface area is 146 Å². The van der Waals surface area contributed by atoms with Gasteiger partial charge < -0.3 is 25.0 Å². The molecule has 1 heterocycles. The van der Waals surface area contributed by atoms with Crippen molar-refractivity contribution in [3.8, 4) is 5.75 Å². The summed E-state index contributed by atoms with van der Waals surface area (Å²) in [5.74, 6) is 0.661. The minimum Gasteiger partial charge on any atom is -0.497 e. The lowest BCUT2D eigenvalue weighted by Gasteiger charge is -2.13. The Kier molecular flexibility index (Phi) is 4.90. The number of nitrogens with one attached hydrogen (secondary N) is 2. The van der Waals surface area contributed by atoms with E-state index in [9.17, 15) is 9.90 Å². The molecule has 0 bridgehead atoms. The molecule has 2 amide bonds. The second-order valence-electron chi connectivity index (χ2n) is 5.83. The van der Waals surface area contributed by atoms with E-state index >= 15 is 0 Å². The van der Waals surface area contributed by atoms with Crippen LogP contribution in [0.15, 0.2) is 54.7 Å². The number of methoxy groups -OCH3 is 1. The first kappa shape index (κ1) is 16.9. The number of ether oxygens (including phenoxy) is 1. The van der Waals surface area contributed by atoms with Crippen molar-refractivity contribution in [2.75, 3.05) is 19.0 Å². The number of hydrogen-bond donors (Lipinski definition) is 3. The van der Waals surface area contributed by atoms with Crippen molar-refractivity contribution >= 4 is 22.6 Å². The molecule has 0 aliphatic rings. The molecule has 2 aromatic carbocycles. The molecule has 3 rings (SSSR count). The van der Waals surface area contributed by atoms with Crippen molar-refractivity contribution in [2.24, 2.45) is 7.05 Å². The van der Waals surface area contributed by atoms with E-state index in [4.69, 9.17) is 4.74 Å². The van der Waals surface area contributed by atoms with Crippen LogP contribution < -0.4 is 15.4 Å². The van der Waals surface area contributed by atoms with Crippen LogP contribution in [-0.4, -0.2) is 29.4 Å². The van der Waals surface area contributed by atoms with Gasteiger partial charge in [0, 0.05) is 37.1 Å². The highest BCUT2D eigenvalue weighted by molar-refractivity contribution is 5.89. The third-order valence-corrected chi connectivity index (χ3v) is 4.08. The first-order valence-electron chi connectivity index (χ1n) is 7.99. The van der Waals surface area contributed by atoms with Gasteiger partial charge >= 0.3 is 6.03 Å². The fraction of sp³-hybridized carbons (Fsp3) is 0.211. The standard InChI is InChI=1S/C19H21N3O3/c1-22-9-8-13-10-14(6-7-17(13)22)18(23)12-20-19(24)21-15-4-3-5-16(11-15)25-2/h3-11,18,23H,12H2,1-2H3,(H2,20,21,24). The summed E-state index contributed by atoms with van der Waals surface area (Å²) in [6.07, 6.45) is 1.20. The number of nitrogens with zero attached hydrogens (tertiary/aromatic N) is 1. The van der Waals surface area contributed by atoms with Crippen LogP contribution in [0, 0.1) is 0 Å². The zero-order valence-corrected chi connectivity index (χ0v) is 14.2. The van der Waals surface area contributed by atoms with Gasteiger partial charge in [0.15, 0.2) is 0 Å². The minimum atomic E-state index is -0.777. The molecule has 3 aromatic rings. The van der Waals surface area contributed by atoms with Crippen molar-refractivity contribution in [1.29, 1.82) is 0 Å². The predicted molar refractivity (Wildman–Crippen MR) is 97.9 cm³/mol. The average Bonchev–Trinajstić information content (AvgIpc) is 3.00. The summed E-state index contributed by atoms with van der Waals surface area (Å²) in [5.41, 5.74) is 2.48. The van der Waals surface area contributed by atoms with E-state index in [1.165, 1.54) is 0 Å². The Morgan fingerprint density at radius 1 is 1.24 bits per heavy atom. The van der Waals surface area contributed by atoms with E-state index in [0.29, 0.717) is 11.4 Å². The first-order chi connectivity index (χ1) is 12.1. The Hall–Kier alpha value is -2.99. The number of aliphatic hydroxyl groups excluding tert-OH is 1. The number of amides is 2. The molecule has 1 atom stereocenters. The summed E-state index contributed by atoms with van der Waals surface area (Å²) >= 11 is 0. The molecule has 3 N–H and O–H groups in total. The Bertz CT molecular complexity index is 889. The highest BCUT2D eigenvalue weighted by atomic mass is 16.5. The molecule has 6 nitrogen and oxygen atoms in total. The topological polar surface area (TPSA) is 75.5 Å². The number of anilines is 1. The lowest BCUT2D eigenvalue weighted by atomic mass is 10.1. The van der Waals surface area contributed by atoms with Gasteiger partial charge in [-0.05, 0) is 41.3 Å². The molecular formula is C19H21N3O3. The molecule has 0 aliphatic heterocycles. The number of urea groups is 1. The number of hydrogen-bond acceptors (Lipinski definition) is 3. The molecule has 0 spiro atoms. The summed E-state index contributed by atoms with van der Waals surface area (Å²) in [6, 6.07) is 14.5. The molecule has 25 heavy (non-hydrogen) atoms. The minimum absolute atomic E-state index is 0.119. The van der Waals surface area contributed by atoms with E-state index < -0.39 is 6.10 Å². The number of fused-ring (bicyclic) bond motifs is 1. The molecule has 0 fully saturated rings. The predicted octanol–water partition coefficient (Wildman–Crippen LogP) is 3.04. The SMILES string of the molecule is COc1cccc(NC(=O)NCC(O)c2ccc3c(ccn3C)c2)c1. The number of aromatic nitrogens is 1. The number of carbonyl (C=O) groups is 1. The van der Waals surface area contributed by atoms with Crippen molar-refractivity contribution in [3.63, 3.8) is 0 Å². The largest absolute Gasteiger partial charge is 0.497 e. The number of carbonyl (C=O) groups excluding carboxylic acids is 1. The fourth-order valence-electron chi connectivity index (χ4n) is 2.69. The van der Waals surface area contributed by atoms with Crippen LogP contribution in [0.1, 0.15) is 11.7 Å². The monoisotopic (exact) mass is 339 g/mol. The Balaban J connectivity index is 1.58. The van der Waals surface area contributed by atoms with Crippen molar-refractivity contribution < 1.29 is 14.6 Å². The highest BCUT2D eigenvalue weighted by Crippen LogP contribution is 2.21. The number of benzene rings is 2. The molecule has 130 valence electrons. The van der Waals surface area contributed by atoms with Gasteiger partial charge in [0.2, 0.25) is 0 Å². The quantitative estimate of drug-likeness (QED) is 0.669. The third kappa shape index (κ3) is 3.92. The Morgan fingerprint density at radius 2 is 2.08 bits per heavy atom. The average molecular weight is 339 g/mol. The maximum Gasteiger partial charge on any atom is 0.319 e. The second-order valence-corrected chi connectivity index (χ2v) is 5.83. The number of rotatable bonds is 5. The molecular weight excluding hydrogens is 318 g/mol. The summed E-state index contributed by atoms with van der Waals surface area (Å²) in [5, 5.41) is 16.8. The van der Waals surface area contributed by atoms with Crippen LogP contribution in [0.5, 0.6) is 5.75 Å². The van der Waals surface area contributed by atoms with Gasteiger partial charge in [0.05, 0.1) is 13.2 Å². The smallest absolute Gasteiger partial charge is 0.319 e. The molecule has 0 saturated carbocycles. The van der Waals surface area contributed by atoms with E-state index in [2.05, 4.69) is 10.6 Å². The van der Waals surface area contributed by atoms with Crippen LogP contribution >= 0.6 is 0 Å². The first-order valence-corrected chi connectivity index (χ1v) is 7.99. The van der Waals surface area contributed by atoms with Crippen molar-refractivity contribution in [1.82, 2.24) is 9.88 Å². The van der Waals surface area contributed by atoms with Crippen LogP contribution in [0.2, 0.25) is 0 Å². The summed E-state index contributed by atoms with van der Waals surface area (Å²) in [7, 11) is 3.54. The van der Waals surface area contributed by atoms with Gasteiger partial charge in [-0.3, -0.25) is 0 Å². The zero-order valence-electron chi connectivity index (χ0n) is 14.2. The summed E-state index contributed by atoms with van der Waals surface area (Å²) < 4.78 is 7.14. The zero-order chi connectivity index (χ0) is 17.8. The van der Waals surface area contributed by atoms with Crippen LogP contribution in [0.4, 0.5) is 10.5 Å². The van der Waals surface area contributed by atoms with Crippen LogP contribution in [0.25, 0.3) is 10.9 Å². The lowest BCUT2D eigenvalue weighted by molar-refractivity contribution is 0.175. The Morgan fingerprint density at radius 3 is 2.88 bits per heavy atom. The molecule has 1 aromatic heterocycles. The van der Waals surface area contributed by atoms with E-state index in [1.807, 2.05) is 42.1 Å². The maximum atomic E-state index is 12.0.